The van der Waals surface area contributed by atoms with Crippen molar-refractivity contribution >= 4 is 22.6 Å². The summed E-state index contributed by atoms with van der Waals surface area (Å²) >= 11 is 0. The third-order valence-electron chi connectivity index (χ3n) is 7.28. The molecule has 1 atom stereocenters. The zero-order valence-corrected chi connectivity index (χ0v) is 20.6. The van der Waals surface area contributed by atoms with Crippen molar-refractivity contribution in [3.05, 3.63) is 89.8 Å². The van der Waals surface area contributed by atoms with Crippen molar-refractivity contribution in [2.75, 3.05) is 0 Å². The van der Waals surface area contributed by atoms with Crippen LogP contribution in [-0.2, 0) is 0 Å². The molecule has 0 saturated heterocycles. The Morgan fingerprint density at radius 3 is 2.70 bits per heavy atom. The lowest BCUT2D eigenvalue weighted by atomic mass is 9.95. The Balaban J connectivity index is 1.28. The third kappa shape index (κ3) is 4.55. The molecule has 2 aromatic carbocycles. The van der Waals surface area contributed by atoms with Gasteiger partial charge in [0.15, 0.2) is 0 Å². The van der Waals surface area contributed by atoms with Gasteiger partial charge in [-0.15, -0.1) is 0 Å². The van der Waals surface area contributed by atoms with Crippen molar-refractivity contribution in [1.82, 2.24) is 29.9 Å². The van der Waals surface area contributed by atoms with Crippen LogP contribution in [-0.4, -0.2) is 36.5 Å². The Hall–Kier alpha value is -4.20. The number of carbonyl (C=O) groups excluding carboxylic acids is 1. The van der Waals surface area contributed by atoms with Gasteiger partial charge in [-0.1, -0.05) is 44.4 Å². The summed E-state index contributed by atoms with van der Waals surface area (Å²) in [5, 5.41) is 8.78. The largest absolute Gasteiger partial charge is 0.349 e. The van der Waals surface area contributed by atoms with Gasteiger partial charge < -0.3 is 5.32 Å². The molecule has 1 saturated carbocycles. The van der Waals surface area contributed by atoms with Crippen molar-refractivity contribution in [1.29, 1.82) is 0 Å². The number of aromatic nitrogens is 5. The van der Waals surface area contributed by atoms with E-state index in [1.807, 2.05) is 18.2 Å². The fourth-order valence-corrected chi connectivity index (χ4v) is 5.12. The maximum Gasteiger partial charge on any atom is 0.254 e. The van der Waals surface area contributed by atoms with Crippen LogP contribution in [0.15, 0.2) is 67.1 Å². The van der Waals surface area contributed by atoms with Crippen LogP contribution in [0.3, 0.4) is 0 Å². The van der Waals surface area contributed by atoms with Gasteiger partial charge in [0.2, 0.25) is 0 Å². The predicted molar refractivity (Wildman–Crippen MR) is 140 cm³/mol. The van der Waals surface area contributed by atoms with Gasteiger partial charge in [-0.3, -0.25) is 9.78 Å². The van der Waals surface area contributed by atoms with E-state index in [1.54, 1.807) is 29.2 Å². The molecule has 0 aliphatic heterocycles. The zero-order valence-electron chi connectivity index (χ0n) is 20.6. The van der Waals surface area contributed by atoms with Crippen LogP contribution < -0.4 is 5.32 Å². The van der Waals surface area contributed by atoms with Gasteiger partial charge in [-0.2, -0.15) is 5.10 Å². The van der Waals surface area contributed by atoms with Gasteiger partial charge in [0.05, 0.1) is 29.2 Å². The summed E-state index contributed by atoms with van der Waals surface area (Å²) in [6, 6.07) is 14.9. The number of imidazole rings is 1. The van der Waals surface area contributed by atoms with Gasteiger partial charge in [0.25, 0.3) is 11.7 Å². The van der Waals surface area contributed by atoms with Crippen LogP contribution >= 0.6 is 0 Å². The molecule has 1 aliphatic carbocycles. The molecule has 0 bridgehead atoms. The van der Waals surface area contributed by atoms with E-state index in [1.165, 1.54) is 18.6 Å². The van der Waals surface area contributed by atoms with E-state index in [-0.39, 0.29) is 23.4 Å². The van der Waals surface area contributed by atoms with E-state index >= 15 is 4.39 Å². The Kier molecular flexibility index (Phi) is 6.08. The van der Waals surface area contributed by atoms with E-state index in [4.69, 9.17) is 5.10 Å². The molecule has 0 radical (unpaired) electrons. The monoisotopic (exact) mass is 494 g/mol. The number of hydrogen-bond donors (Lipinski definition) is 1. The summed E-state index contributed by atoms with van der Waals surface area (Å²) in [4.78, 5) is 25.9. The highest BCUT2D eigenvalue weighted by atomic mass is 19.1. The van der Waals surface area contributed by atoms with Gasteiger partial charge in [0.1, 0.15) is 11.5 Å². The number of pyridine rings is 1. The highest BCUT2D eigenvalue weighted by Crippen LogP contribution is 2.28. The standard InChI is InChI=1S/C29H27FN6O/c1-18(19-10-12-25-20(14-19)6-5-13-31-25)27-17-33-29-32-16-26(35-36(27)29)21-9-11-23(24(30)15-21)28(37)34-22-7-3-2-4-8-22/h5-6,9-18,22H,2-4,7-8H2,1H3,(H,34,37). The minimum atomic E-state index is -0.572. The first kappa shape index (κ1) is 23.2. The van der Waals surface area contributed by atoms with Crippen molar-refractivity contribution < 1.29 is 9.18 Å². The van der Waals surface area contributed by atoms with E-state index in [2.05, 4.69) is 39.3 Å². The smallest absolute Gasteiger partial charge is 0.254 e. The number of nitrogens with zero attached hydrogens (tertiary/aromatic N) is 5. The number of halogens is 1. The van der Waals surface area contributed by atoms with Crippen molar-refractivity contribution in [2.24, 2.45) is 0 Å². The Labute approximate surface area is 213 Å². The van der Waals surface area contributed by atoms with Crippen LogP contribution in [0.5, 0.6) is 0 Å². The van der Waals surface area contributed by atoms with Crippen LogP contribution in [0.1, 0.15) is 66.6 Å². The SMILES string of the molecule is CC(c1ccc2ncccc2c1)c1cnc2ncc(-c3ccc(C(=O)NC4CCCCC4)c(F)c3)nn12. The number of hydrogen-bond acceptors (Lipinski definition) is 5. The van der Waals surface area contributed by atoms with Crippen LogP contribution in [0.4, 0.5) is 4.39 Å². The summed E-state index contributed by atoms with van der Waals surface area (Å²) in [6.45, 7) is 2.09. The molecule has 1 N–H and O–H groups in total. The zero-order chi connectivity index (χ0) is 25.4. The maximum absolute atomic E-state index is 15.0. The molecule has 3 heterocycles. The Bertz CT molecular complexity index is 1610. The molecule has 186 valence electrons. The number of carbonyl (C=O) groups is 1. The Morgan fingerprint density at radius 2 is 1.86 bits per heavy atom. The summed E-state index contributed by atoms with van der Waals surface area (Å²) in [7, 11) is 0. The van der Waals surface area contributed by atoms with E-state index in [0.717, 1.165) is 47.8 Å². The number of benzene rings is 2. The molecule has 1 unspecified atom stereocenters. The molecule has 1 amide bonds. The van der Waals surface area contributed by atoms with Crippen LogP contribution in [0.25, 0.3) is 27.9 Å². The fourth-order valence-electron chi connectivity index (χ4n) is 5.12. The molecule has 1 fully saturated rings. The second-order valence-electron chi connectivity index (χ2n) is 9.72. The number of nitrogens with one attached hydrogen (secondary N) is 1. The highest BCUT2D eigenvalue weighted by Gasteiger charge is 2.20. The molecule has 8 heteroatoms. The number of fused-ring (bicyclic) bond motifs is 2. The van der Waals surface area contributed by atoms with Crippen molar-refractivity contribution in [2.45, 2.75) is 51.0 Å². The molecule has 6 rings (SSSR count). The molecule has 37 heavy (non-hydrogen) atoms. The minimum Gasteiger partial charge on any atom is -0.349 e. The summed E-state index contributed by atoms with van der Waals surface area (Å²) < 4.78 is 16.7. The molecule has 0 spiro atoms. The number of amides is 1. The first-order valence-electron chi connectivity index (χ1n) is 12.7. The summed E-state index contributed by atoms with van der Waals surface area (Å²) in [5.74, 6) is -0.478. The molecule has 3 aromatic heterocycles. The first-order chi connectivity index (χ1) is 18.1. The lowest BCUT2D eigenvalue weighted by Crippen LogP contribution is -2.36. The van der Waals surface area contributed by atoms with E-state index in [9.17, 15) is 4.79 Å². The number of rotatable bonds is 5. The van der Waals surface area contributed by atoms with Gasteiger partial charge >= 0.3 is 0 Å². The van der Waals surface area contributed by atoms with Crippen LogP contribution in [0, 0.1) is 5.82 Å². The first-order valence-corrected chi connectivity index (χ1v) is 12.7. The average Bonchev–Trinajstić information content (AvgIpc) is 3.36. The molecular weight excluding hydrogens is 467 g/mol. The second-order valence-corrected chi connectivity index (χ2v) is 9.72. The van der Waals surface area contributed by atoms with Crippen LogP contribution in [0.2, 0.25) is 0 Å². The molecule has 5 aromatic rings. The minimum absolute atomic E-state index is 0.00764. The quantitative estimate of drug-likeness (QED) is 0.339. The summed E-state index contributed by atoms with van der Waals surface area (Å²) in [5.41, 5.74) is 4.01. The summed E-state index contributed by atoms with van der Waals surface area (Å²) in [6.07, 6.45) is 10.4. The topological polar surface area (TPSA) is 85.1 Å². The Morgan fingerprint density at radius 1 is 1.03 bits per heavy atom. The van der Waals surface area contributed by atoms with Crippen molar-refractivity contribution in [3.8, 4) is 11.3 Å². The lowest BCUT2D eigenvalue weighted by molar-refractivity contribution is 0.0923. The van der Waals surface area contributed by atoms with E-state index < -0.39 is 5.82 Å². The molecular formula is C29H27FN6O. The highest BCUT2D eigenvalue weighted by molar-refractivity contribution is 5.95. The van der Waals surface area contributed by atoms with Crippen molar-refractivity contribution in [3.63, 3.8) is 0 Å². The second kappa shape index (κ2) is 9.69. The molecule has 1 aliphatic rings. The normalized spacial score (nSPS) is 15.2. The lowest BCUT2D eigenvalue weighted by Gasteiger charge is -2.22. The van der Waals surface area contributed by atoms with Gasteiger partial charge in [0, 0.05) is 29.1 Å². The fraction of sp³-hybridized carbons (Fsp3) is 0.276. The third-order valence-corrected chi connectivity index (χ3v) is 7.28. The average molecular weight is 495 g/mol. The molecule has 7 nitrogen and oxygen atoms in total. The maximum atomic E-state index is 15.0. The predicted octanol–water partition coefficient (Wildman–Crippen LogP) is 5.69. The van der Waals surface area contributed by atoms with Gasteiger partial charge in [-0.05, 0) is 48.7 Å². The van der Waals surface area contributed by atoms with Gasteiger partial charge in [-0.25, -0.2) is 18.9 Å². The van der Waals surface area contributed by atoms with E-state index in [0.29, 0.717) is 17.0 Å².